The summed E-state index contributed by atoms with van der Waals surface area (Å²) in [5, 5.41) is 6.33. The monoisotopic (exact) mass is 308 g/mol. The first-order chi connectivity index (χ1) is 10.6. The van der Waals surface area contributed by atoms with E-state index >= 15 is 0 Å². The Balaban J connectivity index is 1.58. The summed E-state index contributed by atoms with van der Waals surface area (Å²) in [5.74, 6) is -0.633. The topological polar surface area (TPSA) is 41.1 Å². The molecule has 2 aliphatic rings. The maximum absolute atomic E-state index is 13.1. The van der Waals surface area contributed by atoms with E-state index in [1.807, 2.05) is 0 Å². The molecule has 1 aromatic carbocycles. The van der Waals surface area contributed by atoms with Crippen LogP contribution in [0.25, 0.3) is 0 Å². The quantitative estimate of drug-likeness (QED) is 0.897. The number of benzene rings is 1. The van der Waals surface area contributed by atoms with Crippen LogP contribution in [0.2, 0.25) is 0 Å². The predicted molar refractivity (Wildman–Crippen MR) is 80.3 cm³/mol. The Kier molecular flexibility index (Phi) is 4.43. The van der Waals surface area contributed by atoms with Crippen LogP contribution in [0.15, 0.2) is 18.2 Å². The Morgan fingerprint density at radius 1 is 1.27 bits per heavy atom. The van der Waals surface area contributed by atoms with Gasteiger partial charge in [0.2, 0.25) is 5.91 Å². The van der Waals surface area contributed by atoms with E-state index in [0.29, 0.717) is 24.4 Å². The number of halogens is 2. The summed E-state index contributed by atoms with van der Waals surface area (Å²) < 4.78 is 26.3. The second-order valence-corrected chi connectivity index (χ2v) is 6.51. The Labute approximate surface area is 129 Å². The number of hydrogen-bond acceptors (Lipinski definition) is 2. The summed E-state index contributed by atoms with van der Waals surface area (Å²) in [6, 6.07) is 3.49. The summed E-state index contributed by atoms with van der Waals surface area (Å²) in [5.41, 5.74) is 0.297. The van der Waals surface area contributed by atoms with E-state index in [1.54, 1.807) is 0 Å². The summed E-state index contributed by atoms with van der Waals surface area (Å²) in [7, 11) is 0. The predicted octanol–water partition coefficient (Wildman–Crippen LogP) is 2.40. The van der Waals surface area contributed by atoms with Gasteiger partial charge < -0.3 is 10.6 Å². The number of rotatable bonds is 4. The highest BCUT2D eigenvalue weighted by Crippen LogP contribution is 2.43. The van der Waals surface area contributed by atoms with Gasteiger partial charge >= 0.3 is 0 Å². The third-order valence-corrected chi connectivity index (χ3v) is 5.11. The lowest BCUT2D eigenvalue weighted by molar-refractivity contribution is -0.133. The standard InChI is InChI=1S/C17H22F2N2O/c18-14-7-12(8-15(19)9-14)4-6-21-16(22)17-5-2-1-3-13(17)10-20-11-17/h7-9,13,20H,1-6,10-11H2,(H,21,22)/t13-,17+/m0/s1. The zero-order valence-corrected chi connectivity index (χ0v) is 12.6. The zero-order valence-electron chi connectivity index (χ0n) is 12.6. The summed E-state index contributed by atoms with van der Waals surface area (Å²) in [6.07, 6.45) is 4.78. The van der Waals surface area contributed by atoms with Crippen LogP contribution in [0, 0.1) is 23.0 Å². The van der Waals surface area contributed by atoms with Crippen molar-refractivity contribution >= 4 is 5.91 Å². The van der Waals surface area contributed by atoms with Gasteiger partial charge in [-0.1, -0.05) is 12.8 Å². The fourth-order valence-electron chi connectivity index (χ4n) is 3.94. The van der Waals surface area contributed by atoms with Gasteiger partial charge in [0.15, 0.2) is 0 Å². The first-order valence-corrected chi connectivity index (χ1v) is 8.04. The van der Waals surface area contributed by atoms with Gasteiger partial charge in [0.25, 0.3) is 0 Å². The fraction of sp³-hybridized carbons (Fsp3) is 0.588. The first kappa shape index (κ1) is 15.4. The number of carbonyl (C=O) groups excluding carboxylic acids is 1. The largest absolute Gasteiger partial charge is 0.355 e. The molecule has 2 atom stereocenters. The summed E-state index contributed by atoms with van der Waals surface area (Å²) in [4.78, 5) is 12.6. The lowest BCUT2D eigenvalue weighted by atomic mass is 9.67. The lowest BCUT2D eigenvalue weighted by Gasteiger charge is -2.37. The van der Waals surface area contributed by atoms with Crippen molar-refractivity contribution in [3.05, 3.63) is 35.4 Å². The molecule has 2 fully saturated rings. The molecule has 3 nitrogen and oxygen atoms in total. The number of nitrogens with one attached hydrogen (secondary N) is 2. The molecule has 0 spiro atoms. The van der Waals surface area contributed by atoms with Crippen LogP contribution in [-0.4, -0.2) is 25.5 Å². The third-order valence-electron chi connectivity index (χ3n) is 5.11. The van der Waals surface area contributed by atoms with Gasteiger partial charge in [-0.3, -0.25) is 4.79 Å². The molecule has 120 valence electrons. The van der Waals surface area contributed by atoms with E-state index in [0.717, 1.165) is 38.4 Å². The normalized spacial score (nSPS) is 27.5. The van der Waals surface area contributed by atoms with Crippen LogP contribution in [0.3, 0.4) is 0 Å². The van der Waals surface area contributed by atoms with Crippen molar-refractivity contribution in [1.82, 2.24) is 10.6 Å². The molecule has 1 heterocycles. The molecule has 1 aromatic rings. The van der Waals surface area contributed by atoms with E-state index in [4.69, 9.17) is 0 Å². The molecule has 0 radical (unpaired) electrons. The van der Waals surface area contributed by atoms with Gasteiger partial charge in [0, 0.05) is 19.2 Å². The van der Waals surface area contributed by atoms with Crippen LogP contribution in [-0.2, 0) is 11.2 Å². The average Bonchev–Trinajstić information content (AvgIpc) is 2.91. The Bertz CT molecular complexity index is 543. The van der Waals surface area contributed by atoms with Crippen molar-refractivity contribution in [2.45, 2.75) is 32.1 Å². The minimum atomic E-state index is -0.577. The molecule has 2 N–H and O–H groups in total. The highest BCUT2D eigenvalue weighted by atomic mass is 19.1. The molecule has 1 saturated heterocycles. The van der Waals surface area contributed by atoms with Gasteiger partial charge in [-0.05, 0) is 49.4 Å². The van der Waals surface area contributed by atoms with Crippen molar-refractivity contribution in [1.29, 1.82) is 0 Å². The number of fused-ring (bicyclic) bond motifs is 1. The average molecular weight is 308 g/mol. The lowest BCUT2D eigenvalue weighted by Crippen LogP contribution is -2.48. The minimum absolute atomic E-state index is 0.0964. The molecule has 0 bridgehead atoms. The number of carbonyl (C=O) groups is 1. The molecule has 1 saturated carbocycles. The smallest absolute Gasteiger partial charge is 0.227 e. The van der Waals surface area contributed by atoms with Crippen molar-refractivity contribution in [3.63, 3.8) is 0 Å². The van der Waals surface area contributed by atoms with E-state index in [1.165, 1.54) is 18.6 Å². The molecular formula is C17H22F2N2O. The highest BCUT2D eigenvalue weighted by molar-refractivity contribution is 5.83. The summed E-state index contributed by atoms with van der Waals surface area (Å²) in [6.45, 7) is 2.08. The first-order valence-electron chi connectivity index (χ1n) is 8.04. The maximum atomic E-state index is 13.1. The minimum Gasteiger partial charge on any atom is -0.355 e. The Morgan fingerprint density at radius 3 is 2.82 bits per heavy atom. The Hall–Kier alpha value is -1.49. The van der Waals surface area contributed by atoms with Crippen LogP contribution in [0.1, 0.15) is 31.2 Å². The van der Waals surface area contributed by atoms with E-state index in [2.05, 4.69) is 10.6 Å². The van der Waals surface area contributed by atoms with Crippen LogP contribution < -0.4 is 10.6 Å². The van der Waals surface area contributed by atoms with Gasteiger partial charge in [-0.2, -0.15) is 0 Å². The van der Waals surface area contributed by atoms with Crippen molar-refractivity contribution in [2.75, 3.05) is 19.6 Å². The number of amides is 1. The molecule has 3 rings (SSSR count). The second-order valence-electron chi connectivity index (χ2n) is 6.51. The van der Waals surface area contributed by atoms with Crippen molar-refractivity contribution in [2.24, 2.45) is 11.3 Å². The van der Waals surface area contributed by atoms with Crippen molar-refractivity contribution in [3.8, 4) is 0 Å². The van der Waals surface area contributed by atoms with Crippen molar-refractivity contribution < 1.29 is 13.6 Å². The highest BCUT2D eigenvalue weighted by Gasteiger charge is 2.49. The van der Waals surface area contributed by atoms with E-state index < -0.39 is 11.6 Å². The Morgan fingerprint density at radius 2 is 2.05 bits per heavy atom. The molecule has 0 aromatic heterocycles. The SMILES string of the molecule is O=C(NCCc1cc(F)cc(F)c1)[C@@]12CCCC[C@H]1CNC2. The zero-order chi connectivity index (χ0) is 15.6. The molecule has 1 aliphatic carbocycles. The van der Waals surface area contributed by atoms with Crippen LogP contribution in [0.5, 0.6) is 0 Å². The molecule has 1 aliphatic heterocycles. The van der Waals surface area contributed by atoms with Gasteiger partial charge in [-0.25, -0.2) is 8.78 Å². The molecule has 0 unspecified atom stereocenters. The molecular weight excluding hydrogens is 286 g/mol. The second kappa shape index (κ2) is 6.32. The molecule has 22 heavy (non-hydrogen) atoms. The summed E-state index contributed by atoms with van der Waals surface area (Å²) >= 11 is 0. The van der Waals surface area contributed by atoms with Crippen LogP contribution >= 0.6 is 0 Å². The van der Waals surface area contributed by atoms with E-state index in [9.17, 15) is 13.6 Å². The fourth-order valence-corrected chi connectivity index (χ4v) is 3.94. The van der Waals surface area contributed by atoms with Crippen LogP contribution in [0.4, 0.5) is 8.78 Å². The maximum Gasteiger partial charge on any atom is 0.227 e. The molecule has 5 heteroatoms. The van der Waals surface area contributed by atoms with Gasteiger partial charge in [0.05, 0.1) is 5.41 Å². The van der Waals surface area contributed by atoms with Gasteiger partial charge in [0.1, 0.15) is 11.6 Å². The van der Waals surface area contributed by atoms with Gasteiger partial charge in [-0.15, -0.1) is 0 Å². The number of hydrogen-bond donors (Lipinski definition) is 2. The molecule has 1 amide bonds. The van der Waals surface area contributed by atoms with E-state index in [-0.39, 0.29) is 11.3 Å². The third kappa shape index (κ3) is 3.00.